The molecule has 110 valence electrons. The van der Waals surface area contributed by atoms with E-state index in [0.717, 1.165) is 45.9 Å². The summed E-state index contributed by atoms with van der Waals surface area (Å²) in [5.74, 6) is 0. The minimum atomic E-state index is 0.204. The molecule has 2 aliphatic rings. The molecule has 0 spiro atoms. The highest BCUT2D eigenvalue weighted by Crippen LogP contribution is 2.27. The second-order valence-corrected chi connectivity index (χ2v) is 5.90. The summed E-state index contributed by atoms with van der Waals surface area (Å²) >= 11 is 0. The first-order valence-electron chi connectivity index (χ1n) is 7.60. The molecule has 1 aromatic carbocycles. The Kier molecular flexibility index (Phi) is 4.24. The van der Waals surface area contributed by atoms with Crippen molar-refractivity contribution in [2.24, 2.45) is 0 Å². The summed E-state index contributed by atoms with van der Waals surface area (Å²) in [5, 5.41) is 3.41. The average molecular weight is 275 g/mol. The van der Waals surface area contributed by atoms with Gasteiger partial charge in [-0.25, -0.2) is 0 Å². The zero-order chi connectivity index (χ0) is 13.9. The molecule has 4 nitrogen and oxygen atoms in total. The van der Waals surface area contributed by atoms with E-state index < -0.39 is 0 Å². The predicted octanol–water partition coefficient (Wildman–Crippen LogP) is 1.41. The molecule has 2 fully saturated rings. The molecule has 1 N–H and O–H groups in total. The van der Waals surface area contributed by atoms with Crippen molar-refractivity contribution in [3.05, 3.63) is 29.3 Å². The third kappa shape index (κ3) is 2.97. The van der Waals surface area contributed by atoms with E-state index >= 15 is 0 Å². The average Bonchev–Trinajstić information content (AvgIpc) is 2.50. The second kappa shape index (κ2) is 6.12. The number of piperazine rings is 1. The molecular formula is C16H25N3O. The Balaban J connectivity index is 1.79. The summed E-state index contributed by atoms with van der Waals surface area (Å²) in [7, 11) is 2.20. The van der Waals surface area contributed by atoms with Crippen molar-refractivity contribution in [3.63, 3.8) is 0 Å². The number of ether oxygens (including phenoxy) is 1. The van der Waals surface area contributed by atoms with Gasteiger partial charge < -0.3 is 19.9 Å². The maximum Gasteiger partial charge on any atom is 0.0950 e. The van der Waals surface area contributed by atoms with E-state index in [1.807, 2.05) is 0 Å². The van der Waals surface area contributed by atoms with Crippen LogP contribution in [0.1, 0.15) is 17.2 Å². The summed E-state index contributed by atoms with van der Waals surface area (Å²) < 4.78 is 5.87. The van der Waals surface area contributed by atoms with Crippen LogP contribution in [-0.2, 0) is 4.74 Å². The Morgan fingerprint density at radius 3 is 2.70 bits per heavy atom. The van der Waals surface area contributed by atoms with Gasteiger partial charge in [0.05, 0.1) is 12.7 Å². The van der Waals surface area contributed by atoms with Gasteiger partial charge in [0.2, 0.25) is 0 Å². The molecule has 0 aliphatic carbocycles. The largest absolute Gasteiger partial charge is 0.371 e. The van der Waals surface area contributed by atoms with Crippen LogP contribution in [0.3, 0.4) is 0 Å². The maximum absolute atomic E-state index is 5.87. The summed E-state index contributed by atoms with van der Waals surface area (Å²) in [6, 6.07) is 6.78. The van der Waals surface area contributed by atoms with Crippen LogP contribution in [0.25, 0.3) is 0 Å². The Labute approximate surface area is 121 Å². The Morgan fingerprint density at radius 2 is 2.00 bits per heavy atom. The smallest absolute Gasteiger partial charge is 0.0950 e. The van der Waals surface area contributed by atoms with Crippen molar-refractivity contribution >= 4 is 5.69 Å². The van der Waals surface area contributed by atoms with Crippen molar-refractivity contribution in [3.8, 4) is 0 Å². The normalized spacial score (nSPS) is 24.9. The fourth-order valence-corrected chi connectivity index (χ4v) is 2.99. The van der Waals surface area contributed by atoms with Gasteiger partial charge >= 0.3 is 0 Å². The van der Waals surface area contributed by atoms with Gasteiger partial charge in [-0.1, -0.05) is 12.1 Å². The Morgan fingerprint density at radius 1 is 1.20 bits per heavy atom. The molecule has 1 atom stereocenters. The van der Waals surface area contributed by atoms with Gasteiger partial charge in [0.1, 0.15) is 0 Å². The lowest BCUT2D eigenvalue weighted by Gasteiger charge is -2.35. The SMILES string of the molecule is Cc1ccc(C2CNCCO2)cc1N1CCN(C)CC1. The third-order valence-corrected chi connectivity index (χ3v) is 4.38. The van der Waals surface area contributed by atoms with Gasteiger partial charge in [0.15, 0.2) is 0 Å². The van der Waals surface area contributed by atoms with E-state index in [0.29, 0.717) is 0 Å². The number of nitrogens with one attached hydrogen (secondary N) is 1. The molecule has 0 bridgehead atoms. The molecule has 20 heavy (non-hydrogen) atoms. The Bertz CT molecular complexity index is 449. The minimum absolute atomic E-state index is 0.204. The molecule has 3 rings (SSSR count). The van der Waals surface area contributed by atoms with Gasteiger partial charge in [0, 0.05) is 45.0 Å². The number of benzene rings is 1. The van der Waals surface area contributed by atoms with Crippen molar-refractivity contribution < 1.29 is 4.74 Å². The lowest BCUT2D eigenvalue weighted by molar-refractivity contribution is 0.0277. The fourth-order valence-electron chi connectivity index (χ4n) is 2.99. The topological polar surface area (TPSA) is 27.7 Å². The molecule has 0 amide bonds. The monoisotopic (exact) mass is 275 g/mol. The van der Waals surface area contributed by atoms with Crippen molar-refractivity contribution in [2.75, 3.05) is 57.8 Å². The summed E-state index contributed by atoms with van der Waals surface area (Å²) in [6.07, 6.45) is 0.204. The van der Waals surface area contributed by atoms with Crippen LogP contribution in [0.2, 0.25) is 0 Å². The first-order valence-corrected chi connectivity index (χ1v) is 7.60. The van der Waals surface area contributed by atoms with Crippen LogP contribution in [0.5, 0.6) is 0 Å². The van der Waals surface area contributed by atoms with E-state index in [-0.39, 0.29) is 6.10 Å². The highest BCUT2D eigenvalue weighted by atomic mass is 16.5. The van der Waals surface area contributed by atoms with E-state index in [2.05, 4.69) is 47.3 Å². The highest BCUT2D eigenvalue weighted by Gasteiger charge is 2.20. The number of nitrogens with zero attached hydrogens (tertiary/aromatic N) is 2. The summed E-state index contributed by atoms with van der Waals surface area (Å²) in [6.45, 7) is 9.42. The minimum Gasteiger partial charge on any atom is -0.371 e. The summed E-state index contributed by atoms with van der Waals surface area (Å²) in [5.41, 5.74) is 4.04. The van der Waals surface area contributed by atoms with Crippen LogP contribution in [0.15, 0.2) is 18.2 Å². The number of likely N-dealkylation sites (N-methyl/N-ethyl adjacent to an activating group) is 1. The van der Waals surface area contributed by atoms with E-state index in [1.54, 1.807) is 0 Å². The molecule has 4 heteroatoms. The first-order chi connectivity index (χ1) is 9.74. The molecule has 2 aliphatic heterocycles. The van der Waals surface area contributed by atoms with E-state index in [4.69, 9.17) is 4.74 Å². The first kappa shape index (κ1) is 13.9. The fraction of sp³-hybridized carbons (Fsp3) is 0.625. The van der Waals surface area contributed by atoms with Crippen LogP contribution in [0.4, 0.5) is 5.69 Å². The van der Waals surface area contributed by atoms with Crippen molar-refractivity contribution in [2.45, 2.75) is 13.0 Å². The van der Waals surface area contributed by atoms with Crippen LogP contribution in [0, 0.1) is 6.92 Å². The zero-order valence-corrected chi connectivity index (χ0v) is 12.6. The molecule has 2 heterocycles. The quantitative estimate of drug-likeness (QED) is 0.883. The van der Waals surface area contributed by atoms with Gasteiger partial charge in [-0.05, 0) is 31.2 Å². The number of hydrogen-bond acceptors (Lipinski definition) is 4. The van der Waals surface area contributed by atoms with Gasteiger partial charge in [0.25, 0.3) is 0 Å². The molecule has 1 aromatic rings. The highest BCUT2D eigenvalue weighted by molar-refractivity contribution is 5.55. The van der Waals surface area contributed by atoms with Crippen LogP contribution >= 0.6 is 0 Å². The zero-order valence-electron chi connectivity index (χ0n) is 12.6. The molecule has 0 aromatic heterocycles. The molecule has 2 saturated heterocycles. The number of morpholine rings is 1. The van der Waals surface area contributed by atoms with Crippen LogP contribution < -0.4 is 10.2 Å². The third-order valence-electron chi connectivity index (χ3n) is 4.38. The van der Waals surface area contributed by atoms with Crippen molar-refractivity contribution in [1.82, 2.24) is 10.2 Å². The predicted molar refractivity (Wildman–Crippen MR) is 82.5 cm³/mol. The molecule has 1 unspecified atom stereocenters. The lowest BCUT2D eigenvalue weighted by atomic mass is 10.0. The standard InChI is InChI=1S/C16H25N3O/c1-13-3-4-14(16-12-17-5-10-20-16)11-15(13)19-8-6-18(2)7-9-19/h3-4,11,16-17H,5-10,12H2,1-2H3. The Hall–Kier alpha value is -1.10. The molecule has 0 radical (unpaired) electrons. The van der Waals surface area contributed by atoms with Crippen LogP contribution in [-0.4, -0.2) is 57.8 Å². The van der Waals surface area contributed by atoms with E-state index in [1.165, 1.54) is 16.8 Å². The number of rotatable bonds is 2. The van der Waals surface area contributed by atoms with E-state index in [9.17, 15) is 0 Å². The summed E-state index contributed by atoms with van der Waals surface area (Å²) in [4.78, 5) is 4.90. The molecular weight excluding hydrogens is 250 g/mol. The maximum atomic E-state index is 5.87. The lowest BCUT2D eigenvalue weighted by Crippen LogP contribution is -2.44. The number of aryl methyl sites for hydroxylation is 1. The van der Waals surface area contributed by atoms with Gasteiger partial charge in [-0.3, -0.25) is 0 Å². The number of anilines is 1. The van der Waals surface area contributed by atoms with Gasteiger partial charge in [-0.15, -0.1) is 0 Å². The van der Waals surface area contributed by atoms with Crippen molar-refractivity contribution in [1.29, 1.82) is 0 Å². The molecule has 0 saturated carbocycles. The van der Waals surface area contributed by atoms with Gasteiger partial charge in [-0.2, -0.15) is 0 Å². The number of hydrogen-bond donors (Lipinski definition) is 1. The second-order valence-electron chi connectivity index (χ2n) is 5.90.